The lowest BCUT2D eigenvalue weighted by molar-refractivity contribution is 0.0746. The quantitative estimate of drug-likeness (QED) is 0.301. The zero-order chi connectivity index (χ0) is 24.5. The Morgan fingerprint density at radius 1 is 0.800 bits per heavy atom. The average molecular weight is 508 g/mol. The molecular formula is C28H24Cl2FN3O. The van der Waals surface area contributed by atoms with Gasteiger partial charge in [0.2, 0.25) is 0 Å². The number of piperazine rings is 1. The second-order valence-electron chi connectivity index (χ2n) is 8.61. The molecule has 0 radical (unpaired) electrons. The molecule has 0 N–H and O–H groups in total. The van der Waals surface area contributed by atoms with E-state index in [4.69, 9.17) is 23.2 Å². The average Bonchev–Trinajstić information content (AvgIpc) is 3.21. The monoisotopic (exact) mass is 507 g/mol. The molecule has 3 aromatic carbocycles. The van der Waals surface area contributed by atoms with Crippen molar-refractivity contribution in [2.45, 2.75) is 6.92 Å². The van der Waals surface area contributed by atoms with E-state index in [2.05, 4.69) is 4.90 Å². The number of carbonyl (C=O) groups is 1. The topological polar surface area (TPSA) is 28.5 Å². The van der Waals surface area contributed by atoms with Gasteiger partial charge in [-0.25, -0.2) is 4.39 Å². The van der Waals surface area contributed by atoms with E-state index in [1.54, 1.807) is 12.1 Å². The summed E-state index contributed by atoms with van der Waals surface area (Å²) in [6, 6.07) is 23.5. The molecule has 1 fully saturated rings. The van der Waals surface area contributed by atoms with Gasteiger partial charge in [-0.1, -0.05) is 41.4 Å². The molecule has 0 bridgehead atoms. The van der Waals surface area contributed by atoms with Crippen LogP contribution < -0.4 is 4.90 Å². The Morgan fingerprint density at radius 2 is 1.49 bits per heavy atom. The number of amides is 1. The molecule has 35 heavy (non-hydrogen) atoms. The van der Waals surface area contributed by atoms with E-state index in [9.17, 15) is 9.18 Å². The lowest BCUT2D eigenvalue weighted by Crippen LogP contribution is -2.48. The Kier molecular flexibility index (Phi) is 6.54. The Balaban J connectivity index is 1.45. The minimum absolute atomic E-state index is 0.00989. The molecule has 4 nitrogen and oxygen atoms in total. The predicted molar refractivity (Wildman–Crippen MR) is 140 cm³/mol. The number of anilines is 1. The number of aromatic nitrogens is 1. The van der Waals surface area contributed by atoms with Crippen molar-refractivity contribution in [3.05, 3.63) is 106 Å². The summed E-state index contributed by atoms with van der Waals surface area (Å²) in [4.78, 5) is 17.8. The number of benzene rings is 3. The van der Waals surface area contributed by atoms with Gasteiger partial charge in [0.15, 0.2) is 0 Å². The van der Waals surface area contributed by atoms with E-state index in [1.165, 1.54) is 12.1 Å². The van der Waals surface area contributed by atoms with Gasteiger partial charge in [0.25, 0.3) is 5.91 Å². The van der Waals surface area contributed by atoms with Crippen molar-refractivity contribution in [3.8, 4) is 16.9 Å². The van der Waals surface area contributed by atoms with Crippen LogP contribution in [0.1, 0.15) is 16.1 Å². The molecule has 178 valence electrons. The second-order valence-corrected chi connectivity index (χ2v) is 9.48. The summed E-state index contributed by atoms with van der Waals surface area (Å²) in [5.74, 6) is -0.315. The van der Waals surface area contributed by atoms with Crippen molar-refractivity contribution < 1.29 is 9.18 Å². The first-order valence-electron chi connectivity index (χ1n) is 11.4. The summed E-state index contributed by atoms with van der Waals surface area (Å²) in [5, 5.41) is 1.34. The van der Waals surface area contributed by atoms with Gasteiger partial charge in [0.05, 0.1) is 11.3 Å². The SMILES string of the molecule is Cc1c(C(=O)N2CCN(c3cccc(Cl)c3)CC2)cc(-c2ccc(Cl)cc2)n1-c1ccc(F)cc1. The highest BCUT2D eigenvalue weighted by atomic mass is 35.5. The molecule has 1 aromatic heterocycles. The molecule has 4 aromatic rings. The molecule has 5 rings (SSSR count). The summed E-state index contributed by atoms with van der Waals surface area (Å²) in [7, 11) is 0. The molecule has 0 aliphatic carbocycles. The summed E-state index contributed by atoms with van der Waals surface area (Å²) >= 11 is 12.3. The minimum atomic E-state index is -0.305. The lowest BCUT2D eigenvalue weighted by atomic mass is 10.1. The fourth-order valence-corrected chi connectivity index (χ4v) is 4.90. The second kappa shape index (κ2) is 9.76. The maximum atomic E-state index is 13.6. The highest BCUT2D eigenvalue weighted by molar-refractivity contribution is 6.31. The Morgan fingerprint density at radius 3 is 2.14 bits per heavy atom. The summed E-state index contributed by atoms with van der Waals surface area (Å²) in [5.41, 5.74) is 5.07. The van der Waals surface area contributed by atoms with Gasteiger partial charge < -0.3 is 14.4 Å². The molecule has 0 saturated carbocycles. The maximum Gasteiger partial charge on any atom is 0.255 e. The Labute approximate surface area is 214 Å². The molecular weight excluding hydrogens is 484 g/mol. The molecule has 2 heterocycles. The van der Waals surface area contributed by atoms with Gasteiger partial charge in [-0.3, -0.25) is 4.79 Å². The van der Waals surface area contributed by atoms with Crippen molar-refractivity contribution in [3.63, 3.8) is 0 Å². The van der Waals surface area contributed by atoms with E-state index in [-0.39, 0.29) is 11.7 Å². The van der Waals surface area contributed by atoms with Gasteiger partial charge in [-0.05, 0) is 73.2 Å². The standard InChI is InChI=1S/C28H24Cl2FN3O/c1-19-26(28(35)33-15-13-32(14-16-33)25-4-2-3-22(30)17-25)18-27(20-5-7-21(29)8-6-20)34(19)24-11-9-23(31)10-12-24/h2-12,17-18H,13-16H2,1H3. The fourth-order valence-electron chi connectivity index (χ4n) is 4.59. The molecule has 0 unspecified atom stereocenters. The van der Waals surface area contributed by atoms with Crippen LogP contribution in [0.4, 0.5) is 10.1 Å². The van der Waals surface area contributed by atoms with Crippen molar-refractivity contribution in [2.24, 2.45) is 0 Å². The molecule has 7 heteroatoms. The molecule has 1 aliphatic heterocycles. The number of carbonyl (C=O) groups excluding carboxylic acids is 1. The van der Waals surface area contributed by atoms with Crippen LogP contribution in [0.15, 0.2) is 78.9 Å². The lowest BCUT2D eigenvalue weighted by Gasteiger charge is -2.36. The maximum absolute atomic E-state index is 13.6. The van der Waals surface area contributed by atoms with Gasteiger partial charge in [-0.2, -0.15) is 0 Å². The minimum Gasteiger partial charge on any atom is -0.368 e. The summed E-state index contributed by atoms with van der Waals surface area (Å²) in [6.45, 7) is 4.62. The van der Waals surface area contributed by atoms with E-state index in [0.29, 0.717) is 28.7 Å². The van der Waals surface area contributed by atoms with Crippen LogP contribution in [0.2, 0.25) is 10.0 Å². The number of nitrogens with zero attached hydrogens (tertiary/aromatic N) is 3. The normalized spacial score (nSPS) is 13.8. The van der Waals surface area contributed by atoms with Gasteiger partial charge >= 0.3 is 0 Å². The largest absolute Gasteiger partial charge is 0.368 e. The molecule has 1 aliphatic rings. The smallest absolute Gasteiger partial charge is 0.255 e. The van der Waals surface area contributed by atoms with Crippen LogP contribution in [0.3, 0.4) is 0 Å². The van der Waals surface area contributed by atoms with Crippen LogP contribution in [0, 0.1) is 12.7 Å². The van der Waals surface area contributed by atoms with Crippen molar-refractivity contribution >= 4 is 34.8 Å². The van der Waals surface area contributed by atoms with Crippen molar-refractivity contribution in [2.75, 3.05) is 31.1 Å². The van der Waals surface area contributed by atoms with Gasteiger partial charge in [-0.15, -0.1) is 0 Å². The van der Waals surface area contributed by atoms with Crippen LogP contribution in [0.5, 0.6) is 0 Å². The molecule has 0 spiro atoms. The zero-order valence-electron chi connectivity index (χ0n) is 19.2. The third kappa shape index (κ3) is 4.79. The molecule has 0 atom stereocenters. The summed E-state index contributed by atoms with van der Waals surface area (Å²) in [6.07, 6.45) is 0. The molecule has 1 saturated heterocycles. The van der Waals surface area contributed by atoms with Gasteiger partial charge in [0.1, 0.15) is 5.82 Å². The first-order valence-corrected chi connectivity index (χ1v) is 12.2. The van der Waals surface area contributed by atoms with E-state index in [0.717, 1.165) is 41.4 Å². The fraction of sp³-hybridized carbons (Fsp3) is 0.179. The number of halogens is 3. The van der Waals surface area contributed by atoms with Crippen LogP contribution >= 0.6 is 23.2 Å². The highest BCUT2D eigenvalue weighted by Crippen LogP contribution is 2.31. The van der Waals surface area contributed by atoms with Crippen LogP contribution in [-0.2, 0) is 0 Å². The first-order chi connectivity index (χ1) is 16.9. The third-order valence-corrected chi connectivity index (χ3v) is 6.93. The Bertz CT molecular complexity index is 1360. The highest BCUT2D eigenvalue weighted by Gasteiger charge is 2.27. The van der Waals surface area contributed by atoms with Crippen LogP contribution in [-0.4, -0.2) is 41.6 Å². The zero-order valence-corrected chi connectivity index (χ0v) is 20.7. The number of hydrogen-bond donors (Lipinski definition) is 0. The van der Waals surface area contributed by atoms with E-state index in [1.807, 2.05) is 71.0 Å². The molecule has 1 amide bonds. The van der Waals surface area contributed by atoms with E-state index >= 15 is 0 Å². The van der Waals surface area contributed by atoms with Crippen LogP contribution in [0.25, 0.3) is 16.9 Å². The van der Waals surface area contributed by atoms with Gasteiger partial charge in [0, 0.05) is 53.3 Å². The number of hydrogen-bond acceptors (Lipinski definition) is 2. The first kappa shape index (κ1) is 23.5. The van der Waals surface area contributed by atoms with Crippen molar-refractivity contribution in [1.29, 1.82) is 0 Å². The number of rotatable bonds is 4. The summed E-state index contributed by atoms with van der Waals surface area (Å²) < 4.78 is 15.6. The Hall–Kier alpha value is -3.28. The third-order valence-electron chi connectivity index (χ3n) is 6.44. The van der Waals surface area contributed by atoms with E-state index < -0.39 is 0 Å². The van der Waals surface area contributed by atoms with Crippen molar-refractivity contribution in [1.82, 2.24) is 9.47 Å². The predicted octanol–water partition coefficient (Wildman–Crippen LogP) is 6.86.